The molecular weight excluding hydrogens is 384 g/mol. The van der Waals surface area contributed by atoms with Crippen molar-refractivity contribution in [1.29, 1.82) is 0 Å². The molecule has 1 saturated heterocycles. The van der Waals surface area contributed by atoms with Gasteiger partial charge in [-0.1, -0.05) is 36.4 Å². The second-order valence-electron chi connectivity index (χ2n) is 6.07. The predicted octanol–water partition coefficient (Wildman–Crippen LogP) is 2.58. The number of nitrogens with one attached hydrogen (secondary N) is 1. The zero-order valence-corrected chi connectivity index (χ0v) is 16.5. The molecule has 1 fully saturated rings. The number of thioether (sulfide) groups is 1. The molecule has 1 heterocycles. The van der Waals surface area contributed by atoms with Crippen molar-refractivity contribution in [3.8, 4) is 0 Å². The number of carbonyl (C=O) groups excluding carboxylic acids is 1. The van der Waals surface area contributed by atoms with Gasteiger partial charge in [0.2, 0.25) is 15.9 Å². The summed E-state index contributed by atoms with van der Waals surface area (Å²) < 4.78 is 32.0. The highest BCUT2D eigenvalue weighted by atomic mass is 32.2. The van der Waals surface area contributed by atoms with Gasteiger partial charge in [0.15, 0.2) is 0 Å². The Balaban J connectivity index is 1.57. The van der Waals surface area contributed by atoms with Crippen LogP contribution < -0.4 is 5.32 Å². The largest absolute Gasteiger partial charge is 0.379 e. The van der Waals surface area contributed by atoms with Crippen LogP contribution in [-0.2, 0) is 25.3 Å². The Kier molecular flexibility index (Phi) is 6.89. The molecular formula is C19H22N2O4S2. The van der Waals surface area contributed by atoms with Crippen LogP contribution in [0.25, 0.3) is 0 Å². The molecule has 1 aliphatic heterocycles. The van der Waals surface area contributed by atoms with E-state index in [1.165, 1.54) is 22.1 Å². The van der Waals surface area contributed by atoms with E-state index in [-0.39, 0.29) is 10.8 Å². The molecule has 2 aromatic carbocycles. The topological polar surface area (TPSA) is 75.7 Å². The molecule has 0 bridgehead atoms. The van der Waals surface area contributed by atoms with E-state index in [0.29, 0.717) is 37.7 Å². The average molecular weight is 407 g/mol. The summed E-state index contributed by atoms with van der Waals surface area (Å²) in [6.45, 7) is 1.48. The molecule has 6 nitrogen and oxygen atoms in total. The van der Waals surface area contributed by atoms with Gasteiger partial charge >= 0.3 is 0 Å². The fraction of sp³-hybridized carbons (Fsp3) is 0.316. The molecule has 1 N–H and O–H groups in total. The maximum Gasteiger partial charge on any atom is 0.243 e. The molecule has 27 heavy (non-hydrogen) atoms. The van der Waals surface area contributed by atoms with Crippen LogP contribution in [0.1, 0.15) is 5.56 Å². The van der Waals surface area contributed by atoms with Crippen molar-refractivity contribution in [3.05, 3.63) is 60.2 Å². The molecule has 2 aromatic rings. The molecule has 0 radical (unpaired) electrons. The Hall–Kier alpha value is -1.87. The van der Waals surface area contributed by atoms with Crippen LogP contribution in [0.15, 0.2) is 59.5 Å². The fourth-order valence-electron chi connectivity index (χ4n) is 2.70. The van der Waals surface area contributed by atoms with Crippen molar-refractivity contribution < 1.29 is 17.9 Å². The van der Waals surface area contributed by atoms with Crippen molar-refractivity contribution in [3.63, 3.8) is 0 Å². The van der Waals surface area contributed by atoms with Gasteiger partial charge in [-0.3, -0.25) is 4.79 Å². The summed E-state index contributed by atoms with van der Waals surface area (Å²) in [6.07, 6.45) is 0. The molecule has 0 aromatic heterocycles. The number of carbonyl (C=O) groups is 1. The highest BCUT2D eigenvalue weighted by molar-refractivity contribution is 7.99. The van der Waals surface area contributed by atoms with E-state index < -0.39 is 10.0 Å². The van der Waals surface area contributed by atoms with Gasteiger partial charge in [0.05, 0.1) is 23.9 Å². The Morgan fingerprint density at radius 3 is 2.56 bits per heavy atom. The Bertz CT molecular complexity index is 866. The lowest BCUT2D eigenvalue weighted by Crippen LogP contribution is -2.40. The minimum atomic E-state index is -3.58. The first kappa shape index (κ1) is 19.9. The van der Waals surface area contributed by atoms with Crippen LogP contribution in [0.2, 0.25) is 0 Å². The molecule has 0 aliphatic carbocycles. The summed E-state index contributed by atoms with van der Waals surface area (Å²) >= 11 is 1.51. The van der Waals surface area contributed by atoms with Gasteiger partial charge in [0, 0.05) is 24.5 Å². The second kappa shape index (κ2) is 9.36. The molecule has 0 spiro atoms. The van der Waals surface area contributed by atoms with Crippen LogP contribution in [-0.4, -0.2) is 50.7 Å². The summed E-state index contributed by atoms with van der Waals surface area (Å²) in [4.78, 5) is 12.3. The standard InChI is InChI=1S/C19H22N2O4S2/c22-19(15-26-14-16-5-2-1-3-6-16)20-17-7-4-8-18(13-17)27(23,24)21-9-11-25-12-10-21/h1-8,13H,9-12,14-15H2,(H,20,22). The number of morpholine rings is 1. The van der Waals surface area contributed by atoms with Crippen molar-refractivity contribution in [2.75, 3.05) is 37.4 Å². The predicted molar refractivity (Wildman–Crippen MR) is 107 cm³/mol. The molecule has 144 valence electrons. The minimum absolute atomic E-state index is 0.156. The van der Waals surface area contributed by atoms with Crippen molar-refractivity contribution >= 4 is 33.4 Å². The lowest BCUT2D eigenvalue weighted by Gasteiger charge is -2.26. The molecule has 3 rings (SSSR count). The molecule has 8 heteroatoms. The normalized spacial score (nSPS) is 15.4. The van der Waals surface area contributed by atoms with E-state index in [1.807, 2.05) is 30.3 Å². The number of benzene rings is 2. The summed E-state index contributed by atoms with van der Waals surface area (Å²) in [6, 6.07) is 16.3. The van der Waals surface area contributed by atoms with E-state index in [0.717, 1.165) is 11.3 Å². The average Bonchev–Trinajstić information content (AvgIpc) is 2.70. The quantitative estimate of drug-likeness (QED) is 0.765. The fourth-order valence-corrected chi connectivity index (χ4v) is 4.95. The first-order chi connectivity index (χ1) is 13.1. The van der Waals surface area contributed by atoms with E-state index in [4.69, 9.17) is 4.74 Å². The Morgan fingerprint density at radius 2 is 1.81 bits per heavy atom. The second-order valence-corrected chi connectivity index (χ2v) is 8.99. The van der Waals surface area contributed by atoms with Gasteiger partial charge in [-0.15, -0.1) is 11.8 Å². The van der Waals surface area contributed by atoms with Gasteiger partial charge in [-0.05, 0) is 23.8 Å². The first-order valence-electron chi connectivity index (χ1n) is 8.65. The van der Waals surface area contributed by atoms with Crippen LogP contribution in [0.4, 0.5) is 5.69 Å². The highest BCUT2D eigenvalue weighted by Gasteiger charge is 2.26. The van der Waals surface area contributed by atoms with Gasteiger partial charge in [-0.25, -0.2) is 8.42 Å². The minimum Gasteiger partial charge on any atom is -0.379 e. The Morgan fingerprint density at radius 1 is 1.07 bits per heavy atom. The highest BCUT2D eigenvalue weighted by Crippen LogP contribution is 2.21. The summed E-state index contributed by atoms with van der Waals surface area (Å²) in [7, 11) is -3.58. The number of anilines is 1. The molecule has 1 aliphatic rings. The zero-order chi connectivity index (χ0) is 19.1. The maximum atomic E-state index is 12.7. The Labute approximate surface area is 164 Å². The maximum absolute atomic E-state index is 12.7. The lowest BCUT2D eigenvalue weighted by molar-refractivity contribution is -0.113. The van der Waals surface area contributed by atoms with Crippen molar-refractivity contribution in [2.45, 2.75) is 10.6 Å². The smallest absolute Gasteiger partial charge is 0.243 e. The number of ether oxygens (including phenoxy) is 1. The van der Waals surface area contributed by atoms with Gasteiger partial charge < -0.3 is 10.1 Å². The monoisotopic (exact) mass is 406 g/mol. The molecule has 0 saturated carbocycles. The molecule has 0 atom stereocenters. The third-order valence-corrected chi connectivity index (χ3v) is 6.97. The summed E-state index contributed by atoms with van der Waals surface area (Å²) in [5.74, 6) is 0.895. The van der Waals surface area contributed by atoms with Crippen LogP contribution in [0, 0.1) is 0 Å². The van der Waals surface area contributed by atoms with E-state index in [9.17, 15) is 13.2 Å². The van der Waals surface area contributed by atoms with Crippen LogP contribution in [0.5, 0.6) is 0 Å². The lowest BCUT2D eigenvalue weighted by atomic mass is 10.2. The summed E-state index contributed by atoms with van der Waals surface area (Å²) in [5.41, 5.74) is 1.64. The third kappa shape index (κ3) is 5.55. The summed E-state index contributed by atoms with van der Waals surface area (Å²) in [5, 5.41) is 2.78. The molecule has 0 unspecified atom stereocenters. The van der Waals surface area contributed by atoms with Gasteiger partial charge in [0.25, 0.3) is 0 Å². The number of sulfonamides is 1. The first-order valence-corrected chi connectivity index (χ1v) is 11.2. The van der Waals surface area contributed by atoms with Crippen molar-refractivity contribution in [1.82, 2.24) is 4.31 Å². The van der Waals surface area contributed by atoms with Crippen LogP contribution >= 0.6 is 11.8 Å². The van der Waals surface area contributed by atoms with E-state index >= 15 is 0 Å². The number of hydrogen-bond donors (Lipinski definition) is 1. The van der Waals surface area contributed by atoms with E-state index in [2.05, 4.69) is 5.32 Å². The zero-order valence-electron chi connectivity index (χ0n) is 14.8. The van der Waals surface area contributed by atoms with Crippen LogP contribution in [0.3, 0.4) is 0 Å². The number of amides is 1. The molecule has 1 amide bonds. The van der Waals surface area contributed by atoms with E-state index in [1.54, 1.807) is 18.2 Å². The van der Waals surface area contributed by atoms with Gasteiger partial charge in [-0.2, -0.15) is 4.31 Å². The number of rotatable bonds is 7. The van der Waals surface area contributed by atoms with Crippen molar-refractivity contribution in [2.24, 2.45) is 0 Å². The number of nitrogens with zero attached hydrogens (tertiary/aromatic N) is 1. The SMILES string of the molecule is O=C(CSCc1ccccc1)Nc1cccc(S(=O)(=O)N2CCOCC2)c1. The van der Waals surface area contributed by atoms with Gasteiger partial charge in [0.1, 0.15) is 0 Å². The third-order valence-electron chi connectivity index (χ3n) is 4.07. The number of hydrogen-bond acceptors (Lipinski definition) is 5.